The molecule has 1 aliphatic rings. The summed E-state index contributed by atoms with van der Waals surface area (Å²) in [6.07, 6.45) is 3.77. The molecule has 1 aliphatic heterocycles. The van der Waals surface area contributed by atoms with Crippen LogP contribution in [0.5, 0.6) is 0 Å². The van der Waals surface area contributed by atoms with Crippen LogP contribution in [0, 0.1) is 0 Å². The Kier molecular flexibility index (Phi) is 5.94. The zero-order chi connectivity index (χ0) is 18.6. The molecule has 1 saturated heterocycles. The van der Waals surface area contributed by atoms with Crippen LogP contribution in [-0.2, 0) is 11.3 Å². The Morgan fingerprint density at radius 2 is 2.12 bits per heavy atom. The summed E-state index contributed by atoms with van der Waals surface area (Å²) in [5, 5.41) is 4.52. The van der Waals surface area contributed by atoms with Gasteiger partial charge in [-0.15, -0.1) is 11.3 Å². The van der Waals surface area contributed by atoms with Crippen LogP contribution in [0.4, 0.5) is 4.79 Å². The Morgan fingerprint density at radius 1 is 1.35 bits per heavy atom. The van der Waals surface area contributed by atoms with Gasteiger partial charge in [-0.3, -0.25) is 0 Å². The highest BCUT2D eigenvalue weighted by atomic mass is 32.1. The summed E-state index contributed by atoms with van der Waals surface area (Å²) in [7, 11) is 0. The SMILES string of the molecule is CC(C)(C)OC(=O)N1CCC[C@H]1CNCc1ncc(-c2ccccc2)s1. The predicted molar refractivity (Wildman–Crippen MR) is 105 cm³/mol. The van der Waals surface area contributed by atoms with Crippen molar-refractivity contribution < 1.29 is 9.53 Å². The number of amides is 1. The minimum atomic E-state index is -0.452. The van der Waals surface area contributed by atoms with E-state index in [1.807, 2.05) is 50.1 Å². The highest BCUT2D eigenvalue weighted by Crippen LogP contribution is 2.26. The smallest absolute Gasteiger partial charge is 0.410 e. The molecule has 6 heteroatoms. The summed E-state index contributed by atoms with van der Waals surface area (Å²) in [5.41, 5.74) is 0.745. The van der Waals surface area contributed by atoms with E-state index in [0.29, 0.717) is 0 Å². The van der Waals surface area contributed by atoms with Gasteiger partial charge >= 0.3 is 6.09 Å². The molecule has 0 aliphatic carbocycles. The third-order valence-corrected chi connectivity index (χ3v) is 5.32. The van der Waals surface area contributed by atoms with Crippen LogP contribution in [0.1, 0.15) is 38.6 Å². The Bertz CT molecular complexity index is 724. The minimum absolute atomic E-state index is 0.193. The zero-order valence-corrected chi connectivity index (χ0v) is 16.5. The number of nitrogens with zero attached hydrogens (tertiary/aromatic N) is 2. The Balaban J connectivity index is 1.50. The van der Waals surface area contributed by atoms with Crippen LogP contribution < -0.4 is 5.32 Å². The standard InChI is InChI=1S/C20H27N3O2S/c1-20(2,3)25-19(24)23-11-7-10-16(23)12-21-14-18-22-13-17(26-18)15-8-5-4-6-9-15/h4-6,8-9,13,16,21H,7,10-12,14H2,1-3H3/t16-/m0/s1. The number of carbonyl (C=O) groups is 1. The van der Waals surface area contributed by atoms with Crippen LogP contribution >= 0.6 is 11.3 Å². The van der Waals surface area contributed by atoms with Crippen molar-refractivity contribution in [2.75, 3.05) is 13.1 Å². The fourth-order valence-electron chi connectivity index (χ4n) is 3.08. The van der Waals surface area contributed by atoms with Crippen LogP contribution in [-0.4, -0.2) is 40.7 Å². The number of rotatable bonds is 5. The molecule has 0 saturated carbocycles. The van der Waals surface area contributed by atoms with E-state index in [-0.39, 0.29) is 12.1 Å². The van der Waals surface area contributed by atoms with Crippen molar-refractivity contribution in [1.82, 2.24) is 15.2 Å². The van der Waals surface area contributed by atoms with E-state index in [9.17, 15) is 4.79 Å². The fraction of sp³-hybridized carbons (Fsp3) is 0.500. The lowest BCUT2D eigenvalue weighted by Gasteiger charge is -2.28. The van der Waals surface area contributed by atoms with Gasteiger partial charge in [-0.1, -0.05) is 30.3 Å². The van der Waals surface area contributed by atoms with Crippen LogP contribution in [0.15, 0.2) is 36.5 Å². The normalized spacial score (nSPS) is 17.5. The summed E-state index contributed by atoms with van der Waals surface area (Å²) >= 11 is 1.70. The number of aromatic nitrogens is 1. The second-order valence-corrected chi connectivity index (χ2v) is 8.70. The average molecular weight is 374 g/mol. The molecule has 0 bridgehead atoms. The first-order chi connectivity index (χ1) is 12.4. The van der Waals surface area contributed by atoms with Gasteiger partial charge in [0.15, 0.2) is 0 Å². The molecule has 140 valence electrons. The molecule has 2 heterocycles. The van der Waals surface area contributed by atoms with Crippen molar-refractivity contribution in [1.29, 1.82) is 0 Å². The molecule has 1 aromatic carbocycles. The van der Waals surface area contributed by atoms with Crippen LogP contribution in [0.25, 0.3) is 10.4 Å². The molecule has 1 amide bonds. The molecule has 26 heavy (non-hydrogen) atoms. The minimum Gasteiger partial charge on any atom is -0.444 e. The predicted octanol–water partition coefficient (Wildman–Crippen LogP) is 4.30. The Morgan fingerprint density at radius 3 is 2.85 bits per heavy atom. The van der Waals surface area contributed by atoms with Crippen molar-refractivity contribution in [3.8, 4) is 10.4 Å². The molecule has 0 unspecified atom stereocenters. The largest absolute Gasteiger partial charge is 0.444 e. The molecular formula is C20H27N3O2S. The molecule has 2 aromatic rings. The van der Waals surface area contributed by atoms with Gasteiger partial charge in [-0.05, 0) is 39.2 Å². The van der Waals surface area contributed by atoms with Crippen molar-refractivity contribution in [3.63, 3.8) is 0 Å². The molecular weight excluding hydrogens is 346 g/mol. The van der Waals surface area contributed by atoms with E-state index >= 15 is 0 Å². The van der Waals surface area contributed by atoms with Gasteiger partial charge in [0.1, 0.15) is 10.6 Å². The second-order valence-electron chi connectivity index (χ2n) is 7.58. The topological polar surface area (TPSA) is 54.5 Å². The van der Waals surface area contributed by atoms with Gasteiger partial charge in [0.25, 0.3) is 0 Å². The molecule has 1 aromatic heterocycles. The zero-order valence-electron chi connectivity index (χ0n) is 15.7. The van der Waals surface area contributed by atoms with Gasteiger partial charge in [0, 0.05) is 31.9 Å². The molecule has 1 atom stereocenters. The maximum atomic E-state index is 12.3. The highest BCUT2D eigenvalue weighted by Gasteiger charge is 2.31. The van der Waals surface area contributed by atoms with E-state index in [2.05, 4.69) is 22.4 Å². The third kappa shape index (κ3) is 5.05. The number of hydrogen-bond acceptors (Lipinski definition) is 5. The molecule has 0 radical (unpaired) electrons. The lowest BCUT2D eigenvalue weighted by molar-refractivity contribution is 0.0226. The number of nitrogens with one attached hydrogen (secondary N) is 1. The van der Waals surface area contributed by atoms with Crippen molar-refractivity contribution in [2.24, 2.45) is 0 Å². The summed E-state index contributed by atoms with van der Waals surface area (Å²) in [6.45, 7) is 7.97. The second kappa shape index (κ2) is 8.18. The first kappa shape index (κ1) is 18.9. The van der Waals surface area contributed by atoms with E-state index in [1.165, 1.54) is 10.4 Å². The van der Waals surface area contributed by atoms with Gasteiger partial charge < -0.3 is 15.0 Å². The van der Waals surface area contributed by atoms with Crippen LogP contribution in [0.3, 0.4) is 0 Å². The summed E-state index contributed by atoms with van der Waals surface area (Å²) in [6, 6.07) is 10.5. The lowest BCUT2D eigenvalue weighted by atomic mass is 10.2. The van der Waals surface area contributed by atoms with Gasteiger partial charge in [0.2, 0.25) is 0 Å². The molecule has 5 nitrogen and oxygen atoms in total. The number of benzene rings is 1. The van der Waals surface area contributed by atoms with E-state index in [1.54, 1.807) is 11.3 Å². The first-order valence-electron chi connectivity index (χ1n) is 9.13. The van der Waals surface area contributed by atoms with Crippen molar-refractivity contribution in [3.05, 3.63) is 41.5 Å². The van der Waals surface area contributed by atoms with Gasteiger partial charge in [-0.2, -0.15) is 0 Å². The summed E-state index contributed by atoms with van der Waals surface area (Å²) in [5.74, 6) is 0. The molecule has 1 N–H and O–H groups in total. The third-order valence-electron chi connectivity index (χ3n) is 4.27. The summed E-state index contributed by atoms with van der Waals surface area (Å²) in [4.78, 5) is 19.9. The number of thiazole rings is 1. The quantitative estimate of drug-likeness (QED) is 0.849. The maximum Gasteiger partial charge on any atom is 0.410 e. The molecule has 0 spiro atoms. The number of carbonyl (C=O) groups excluding carboxylic acids is 1. The highest BCUT2D eigenvalue weighted by molar-refractivity contribution is 7.15. The Hall–Kier alpha value is -1.92. The average Bonchev–Trinajstić information content (AvgIpc) is 3.24. The number of hydrogen-bond donors (Lipinski definition) is 1. The molecule has 1 fully saturated rings. The summed E-state index contributed by atoms with van der Waals surface area (Å²) < 4.78 is 5.52. The Labute approximate surface area is 159 Å². The van der Waals surface area contributed by atoms with Gasteiger partial charge in [0.05, 0.1) is 4.88 Å². The lowest BCUT2D eigenvalue weighted by Crippen LogP contribution is -2.44. The van der Waals surface area contributed by atoms with Crippen molar-refractivity contribution >= 4 is 17.4 Å². The van der Waals surface area contributed by atoms with Crippen LogP contribution in [0.2, 0.25) is 0 Å². The fourth-order valence-corrected chi connectivity index (χ4v) is 3.98. The van der Waals surface area contributed by atoms with E-state index in [0.717, 1.165) is 37.5 Å². The van der Waals surface area contributed by atoms with E-state index in [4.69, 9.17) is 4.74 Å². The monoisotopic (exact) mass is 373 g/mol. The van der Waals surface area contributed by atoms with E-state index < -0.39 is 5.60 Å². The first-order valence-corrected chi connectivity index (χ1v) is 9.94. The molecule has 3 rings (SSSR count). The van der Waals surface area contributed by atoms with Crippen molar-refractivity contribution in [2.45, 2.75) is 51.8 Å². The number of likely N-dealkylation sites (tertiary alicyclic amines) is 1. The van der Waals surface area contributed by atoms with Gasteiger partial charge in [-0.25, -0.2) is 9.78 Å². The number of ether oxygens (including phenoxy) is 1. The maximum absolute atomic E-state index is 12.3.